The van der Waals surface area contributed by atoms with Crippen LogP contribution in [0, 0.1) is 23.2 Å². The maximum Gasteiger partial charge on any atom is 0.329 e. The van der Waals surface area contributed by atoms with E-state index in [1.54, 1.807) is 18.1 Å². The Hall–Kier alpha value is -3.12. The number of amides is 3. The second-order valence-electron chi connectivity index (χ2n) is 16.0. The van der Waals surface area contributed by atoms with Crippen molar-refractivity contribution in [3.8, 4) is 5.75 Å². The van der Waals surface area contributed by atoms with Crippen molar-refractivity contribution in [1.82, 2.24) is 9.62 Å². The third-order valence-corrected chi connectivity index (χ3v) is 14.5. The second kappa shape index (κ2) is 13.7. The van der Waals surface area contributed by atoms with Gasteiger partial charge in [-0.3, -0.25) is 9.52 Å². The molecule has 1 N–H and O–H groups in total. The number of allylic oxidation sites excluding steroid dienone is 1. The van der Waals surface area contributed by atoms with Crippen LogP contribution in [0.5, 0.6) is 5.75 Å². The Labute approximate surface area is 306 Å². The van der Waals surface area contributed by atoms with Gasteiger partial charge in [0.15, 0.2) is 0 Å². The lowest BCUT2D eigenvalue weighted by atomic mass is 9.68. The van der Waals surface area contributed by atoms with Crippen LogP contribution in [-0.2, 0) is 31.2 Å². The highest BCUT2D eigenvalue weighted by Gasteiger charge is 2.48. The summed E-state index contributed by atoms with van der Waals surface area (Å²) in [5.41, 5.74) is 3.44. The monoisotopic (exact) mass is 736 g/mol. The summed E-state index contributed by atoms with van der Waals surface area (Å²) in [5, 5.41) is 0.746. The normalized spacial score (nSPS) is 33.5. The number of carbonyl (C=O) groups is 2. The average Bonchev–Trinajstić information content (AvgIpc) is 3.52. The van der Waals surface area contributed by atoms with Crippen molar-refractivity contribution in [2.45, 2.75) is 63.4 Å². The van der Waals surface area contributed by atoms with Crippen LogP contribution in [0.25, 0.3) is 0 Å². The summed E-state index contributed by atoms with van der Waals surface area (Å²) in [5.74, 6) is 0.793. The van der Waals surface area contributed by atoms with E-state index in [1.165, 1.54) is 11.1 Å². The number of rotatable bonds is 2. The molecule has 274 valence electrons. The Morgan fingerprint density at radius 1 is 1.12 bits per heavy atom. The first-order chi connectivity index (χ1) is 24.6. The molecule has 1 unspecified atom stereocenters. The summed E-state index contributed by atoms with van der Waals surface area (Å²) in [6.07, 6.45) is 10.9. The Kier molecular flexibility index (Phi) is 9.38. The molecule has 6 aliphatic rings. The van der Waals surface area contributed by atoms with E-state index in [0.717, 1.165) is 68.1 Å². The molecule has 4 aliphatic heterocycles. The van der Waals surface area contributed by atoms with Gasteiger partial charge < -0.3 is 24.0 Å². The minimum atomic E-state index is -3.47. The Balaban J connectivity index is 1.16. The predicted octanol–water partition coefficient (Wildman–Crippen LogP) is 6.41. The predicted molar refractivity (Wildman–Crippen MR) is 198 cm³/mol. The quantitative estimate of drug-likeness (QED) is 0.355. The number of hydrogen-bond donors (Lipinski definition) is 1. The first kappa shape index (κ1) is 34.9. The highest BCUT2D eigenvalue weighted by Crippen LogP contribution is 2.47. The van der Waals surface area contributed by atoms with Crippen LogP contribution in [0.15, 0.2) is 52.9 Å². The topological polar surface area (TPSA) is 110 Å². The van der Waals surface area contributed by atoms with Gasteiger partial charge in [-0.1, -0.05) is 36.7 Å². The lowest BCUT2D eigenvalue weighted by Crippen LogP contribution is -2.61. The zero-order valence-electron chi connectivity index (χ0n) is 29.6. The van der Waals surface area contributed by atoms with Gasteiger partial charge in [0.1, 0.15) is 15.7 Å². The molecule has 10 nitrogen and oxygen atoms in total. The molecule has 0 aromatic heterocycles. The molecule has 3 fully saturated rings. The smallest absolute Gasteiger partial charge is 0.329 e. The van der Waals surface area contributed by atoms with Crippen molar-refractivity contribution in [3.05, 3.63) is 70.3 Å². The summed E-state index contributed by atoms with van der Waals surface area (Å²) in [7, 11) is -1.69. The zero-order chi connectivity index (χ0) is 35.4. The highest BCUT2D eigenvalue weighted by atomic mass is 35.5. The number of nitrogens with one attached hydrogen (secondary N) is 1. The van der Waals surface area contributed by atoms with E-state index in [-0.39, 0.29) is 28.6 Å². The van der Waals surface area contributed by atoms with E-state index in [1.807, 2.05) is 25.1 Å². The second-order valence-corrected chi connectivity index (χ2v) is 18.5. The largest absolute Gasteiger partial charge is 0.490 e. The molecule has 3 amide bonds. The van der Waals surface area contributed by atoms with Gasteiger partial charge in [-0.25, -0.2) is 9.00 Å². The van der Waals surface area contributed by atoms with Gasteiger partial charge >= 0.3 is 6.03 Å². The van der Waals surface area contributed by atoms with E-state index >= 15 is 0 Å². The van der Waals surface area contributed by atoms with Crippen molar-refractivity contribution in [1.29, 1.82) is 0 Å². The number of aryl methyl sites for hydroxylation is 1. The molecule has 2 spiro atoms. The molecule has 2 bridgehead atoms. The van der Waals surface area contributed by atoms with Gasteiger partial charge in [0.05, 0.1) is 30.8 Å². The van der Waals surface area contributed by atoms with Crippen LogP contribution in [-0.4, -0.2) is 86.0 Å². The number of halogens is 1. The molecule has 12 heteroatoms. The standard InChI is InChI=1S/C39H49ClN4O6S/c1-26-5-3-7-34(48-2)31-11-8-29(31)19-43-23-39(14-4-6-27-17-30(40)10-12-32(27)39)25-50-35-13-9-28(18-33(35)43)36(45)41-51(47,20-26)42-37(46)44-21-38(22-44)15-16-49-24-38/h3,7,9-10,12-13,17-18,26,29,31,34H,4-6,8,11,14-16,19-25H2,1-2H3,(H,41,42,45,46,47)/b7-3-/t26-,29-,31+,34-,39-,51?/m0/s1. The van der Waals surface area contributed by atoms with Crippen molar-refractivity contribution < 1.29 is 28.0 Å². The first-order valence-electron chi connectivity index (χ1n) is 18.5. The number of hydrogen-bond acceptors (Lipinski definition) is 7. The highest BCUT2D eigenvalue weighted by molar-refractivity contribution is 7.92. The van der Waals surface area contributed by atoms with Gasteiger partial charge in [0, 0.05) is 61.3 Å². The molecule has 4 heterocycles. The molecule has 1 saturated carbocycles. The van der Waals surface area contributed by atoms with Gasteiger partial charge in [-0.05, 0) is 104 Å². The molecule has 0 radical (unpaired) electrons. The van der Waals surface area contributed by atoms with Gasteiger partial charge in [0.2, 0.25) is 0 Å². The summed E-state index contributed by atoms with van der Waals surface area (Å²) < 4.78 is 39.9. The van der Waals surface area contributed by atoms with Crippen LogP contribution in [0.2, 0.25) is 5.02 Å². The maximum atomic E-state index is 14.6. The lowest BCUT2D eigenvalue weighted by Gasteiger charge is -2.46. The Morgan fingerprint density at radius 2 is 1.98 bits per heavy atom. The van der Waals surface area contributed by atoms with Crippen LogP contribution in [0.3, 0.4) is 0 Å². The molecule has 2 aromatic rings. The van der Waals surface area contributed by atoms with E-state index in [9.17, 15) is 13.8 Å². The fraction of sp³-hybridized carbons (Fsp3) is 0.590. The fourth-order valence-corrected chi connectivity index (χ4v) is 11.5. The first-order valence-corrected chi connectivity index (χ1v) is 20.6. The zero-order valence-corrected chi connectivity index (χ0v) is 31.2. The number of anilines is 1. The summed E-state index contributed by atoms with van der Waals surface area (Å²) in [6, 6.07) is 11.2. The van der Waals surface area contributed by atoms with Gasteiger partial charge in [-0.2, -0.15) is 0 Å². The average molecular weight is 737 g/mol. The minimum absolute atomic E-state index is 0.0211. The summed E-state index contributed by atoms with van der Waals surface area (Å²) in [4.78, 5) is 31.5. The molecule has 51 heavy (non-hydrogen) atoms. The third kappa shape index (κ3) is 6.80. The summed E-state index contributed by atoms with van der Waals surface area (Å²) >= 11 is 6.46. The van der Waals surface area contributed by atoms with Crippen LogP contribution in [0.1, 0.15) is 66.9 Å². The molecule has 2 aromatic carbocycles. The van der Waals surface area contributed by atoms with Crippen LogP contribution >= 0.6 is 11.6 Å². The van der Waals surface area contributed by atoms with E-state index in [4.69, 9.17) is 25.8 Å². The molecule has 8 rings (SSSR count). The Bertz CT molecular complexity index is 1850. The van der Waals surface area contributed by atoms with Crippen molar-refractivity contribution >= 4 is 39.1 Å². The number of carbonyl (C=O) groups excluding carboxylic acids is 2. The number of nitrogens with zero attached hydrogens (tertiary/aromatic N) is 3. The SMILES string of the molecule is CO[C@H]1/C=C\C[C@H](C)CS(=O)(NC(=O)N2CC3(CCOC3)C2)=NC(=O)c2ccc3c(c2)N(C[C@@H]2CC[C@H]21)C[C@@]1(CCCc2cc(Cl)ccc21)CO3. The van der Waals surface area contributed by atoms with Crippen LogP contribution in [0.4, 0.5) is 10.5 Å². The number of methoxy groups -OCH3 is 1. The molecule has 2 aliphatic carbocycles. The Morgan fingerprint density at radius 3 is 2.75 bits per heavy atom. The van der Waals surface area contributed by atoms with E-state index < -0.39 is 21.9 Å². The van der Waals surface area contributed by atoms with Crippen molar-refractivity contribution in [2.75, 3.05) is 63.8 Å². The third-order valence-electron chi connectivity index (χ3n) is 12.3. The van der Waals surface area contributed by atoms with E-state index in [2.05, 4.69) is 38.3 Å². The number of urea groups is 1. The van der Waals surface area contributed by atoms with Gasteiger partial charge in [0.25, 0.3) is 5.91 Å². The maximum absolute atomic E-state index is 14.6. The minimum Gasteiger partial charge on any atom is -0.490 e. The number of ether oxygens (including phenoxy) is 3. The van der Waals surface area contributed by atoms with Crippen molar-refractivity contribution in [2.24, 2.45) is 27.5 Å². The van der Waals surface area contributed by atoms with Crippen molar-refractivity contribution in [3.63, 3.8) is 0 Å². The number of likely N-dealkylation sites (tertiary alicyclic amines) is 1. The lowest BCUT2D eigenvalue weighted by molar-refractivity contribution is 0.0131. The molecule has 2 saturated heterocycles. The number of benzene rings is 2. The molecule has 6 atom stereocenters. The number of fused-ring (bicyclic) bond motifs is 4. The molecular weight excluding hydrogens is 688 g/mol. The molecular formula is C39H49ClN4O6S. The van der Waals surface area contributed by atoms with E-state index in [0.29, 0.717) is 56.7 Å². The van der Waals surface area contributed by atoms with Crippen LogP contribution < -0.4 is 14.4 Å². The van der Waals surface area contributed by atoms with Gasteiger partial charge in [-0.15, -0.1) is 4.36 Å². The summed E-state index contributed by atoms with van der Waals surface area (Å²) in [6.45, 7) is 6.42. The fourth-order valence-electron chi connectivity index (χ4n) is 9.37.